The van der Waals surface area contributed by atoms with Crippen LogP contribution < -0.4 is 5.32 Å². The zero-order chi connectivity index (χ0) is 20.2. The van der Waals surface area contributed by atoms with Crippen LogP contribution in [0.25, 0.3) is 11.0 Å². The van der Waals surface area contributed by atoms with Crippen molar-refractivity contribution < 1.29 is 4.79 Å². The topological polar surface area (TPSA) is 61.0 Å². The Bertz CT molecular complexity index is 995. The van der Waals surface area contributed by atoms with Gasteiger partial charge in [0.1, 0.15) is 5.65 Å². The summed E-state index contributed by atoms with van der Waals surface area (Å²) in [6, 6.07) is 9.68. The van der Waals surface area contributed by atoms with Crippen LogP contribution in [0.4, 0.5) is 0 Å². The van der Waals surface area contributed by atoms with Gasteiger partial charge in [-0.25, -0.2) is 4.98 Å². The van der Waals surface area contributed by atoms with Crippen molar-refractivity contribution in [3.63, 3.8) is 0 Å². The predicted octanol–water partition coefficient (Wildman–Crippen LogP) is 4.41. The molecule has 1 aliphatic heterocycles. The number of aromatic amines is 1. The third kappa shape index (κ3) is 4.74. The molecular weight excluding hydrogens is 407 g/mol. The minimum Gasteiger partial charge on any atom is -0.355 e. The molecule has 1 amide bonds. The number of nitrogens with zero attached hydrogens (tertiary/aromatic N) is 2. The fourth-order valence-electron chi connectivity index (χ4n) is 4.05. The summed E-state index contributed by atoms with van der Waals surface area (Å²) in [5.41, 5.74) is 3.24. The Labute approximate surface area is 180 Å². The summed E-state index contributed by atoms with van der Waals surface area (Å²) in [4.78, 5) is 22.2. The number of pyridine rings is 1. The maximum Gasteiger partial charge on any atom is 0.234 e. The van der Waals surface area contributed by atoms with Crippen LogP contribution in [0.2, 0.25) is 10.0 Å². The molecule has 5 nitrogen and oxygen atoms in total. The van der Waals surface area contributed by atoms with E-state index in [-0.39, 0.29) is 5.91 Å². The molecule has 0 bridgehead atoms. The minimum absolute atomic E-state index is 0.0536. The largest absolute Gasteiger partial charge is 0.355 e. The lowest BCUT2D eigenvalue weighted by Gasteiger charge is -2.31. The molecule has 1 aliphatic rings. The van der Waals surface area contributed by atoms with Crippen molar-refractivity contribution in [3.8, 4) is 0 Å². The first-order valence-corrected chi connectivity index (χ1v) is 10.7. The van der Waals surface area contributed by atoms with E-state index in [0.29, 0.717) is 35.5 Å². The lowest BCUT2D eigenvalue weighted by atomic mass is 9.89. The van der Waals surface area contributed by atoms with E-state index < -0.39 is 0 Å². The van der Waals surface area contributed by atoms with Crippen LogP contribution in [0.15, 0.2) is 42.7 Å². The fraction of sp³-hybridized carbons (Fsp3) is 0.364. The number of aromatic nitrogens is 2. The lowest BCUT2D eigenvalue weighted by molar-refractivity contribution is -0.122. The molecule has 2 N–H and O–H groups in total. The number of fused-ring (bicyclic) bond motifs is 1. The summed E-state index contributed by atoms with van der Waals surface area (Å²) in [5.74, 6) is 0.565. The molecule has 29 heavy (non-hydrogen) atoms. The zero-order valence-electron chi connectivity index (χ0n) is 16.1. The van der Waals surface area contributed by atoms with Crippen molar-refractivity contribution >= 4 is 40.1 Å². The van der Waals surface area contributed by atoms with E-state index in [4.69, 9.17) is 23.2 Å². The van der Waals surface area contributed by atoms with E-state index in [2.05, 4.69) is 32.4 Å². The number of benzene rings is 1. The highest BCUT2D eigenvalue weighted by atomic mass is 35.5. The number of carbonyl (C=O) groups is 1. The standard InChI is InChI=1S/C22H24Cl2N4O/c23-19-5-1-3-16(21(19)24)6-10-25-20(29)14-28-11-7-15(8-12-28)18-13-27-22-17(18)4-2-9-26-22/h1-5,9,13,15H,6-8,10-12,14H2,(H,25,29)(H,26,27). The van der Waals surface area contributed by atoms with Gasteiger partial charge >= 0.3 is 0 Å². The van der Waals surface area contributed by atoms with Gasteiger partial charge in [0.25, 0.3) is 0 Å². The number of amides is 1. The predicted molar refractivity (Wildman–Crippen MR) is 118 cm³/mol. The summed E-state index contributed by atoms with van der Waals surface area (Å²) in [6.07, 6.45) is 6.66. The van der Waals surface area contributed by atoms with E-state index in [1.54, 1.807) is 6.07 Å². The molecule has 0 atom stereocenters. The van der Waals surface area contributed by atoms with Gasteiger partial charge < -0.3 is 10.3 Å². The van der Waals surface area contributed by atoms with Crippen LogP contribution >= 0.6 is 23.2 Å². The van der Waals surface area contributed by atoms with Crippen molar-refractivity contribution in [1.82, 2.24) is 20.2 Å². The summed E-state index contributed by atoms with van der Waals surface area (Å²) < 4.78 is 0. The highest BCUT2D eigenvalue weighted by Gasteiger charge is 2.24. The average Bonchev–Trinajstić information content (AvgIpc) is 3.16. The van der Waals surface area contributed by atoms with Crippen molar-refractivity contribution in [1.29, 1.82) is 0 Å². The number of carbonyl (C=O) groups excluding carboxylic acids is 1. The van der Waals surface area contributed by atoms with Crippen LogP contribution in [-0.4, -0.2) is 47.0 Å². The quantitative estimate of drug-likeness (QED) is 0.608. The zero-order valence-corrected chi connectivity index (χ0v) is 17.6. The van der Waals surface area contributed by atoms with Gasteiger partial charge in [-0.3, -0.25) is 9.69 Å². The summed E-state index contributed by atoms with van der Waals surface area (Å²) in [7, 11) is 0. The monoisotopic (exact) mass is 430 g/mol. The number of nitrogens with one attached hydrogen (secondary N) is 2. The summed E-state index contributed by atoms with van der Waals surface area (Å²) in [5, 5.41) is 5.32. The van der Waals surface area contributed by atoms with Gasteiger partial charge in [-0.15, -0.1) is 0 Å². The first kappa shape index (κ1) is 20.2. The number of rotatable bonds is 6. The van der Waals surface area contributed by atoms with Crippen molar-refractivity contribution in [2.75, 3.05) is 26.2 Å². The molecule has 1 fully saturated rings. The third-order valence-electron chi connectivity index (χ3n) is 5.63. The maximum absolute atomic E-state index is 12.3. The Morgan fingerprint density at radius 2 is 2.03 bits per heavy atom. The molecule has 4 rings (SSSR count). The third-order valence-corrected chi connectivity index (χ3v) is 6.48. The van der Waals surface area contributed by atoms with Gasteiger partial charge in [-0.05, 0) is 67.6 Å². The first-order valence-electron chi connectivity index (χ1n) is 9.96. The molecule has 0 unspecified atom stereocenters. The van der Waals surface area contributed by atoms with Crippen LogP contribution in [0.5, 0.6) is 0 Å². The number of hydrogen-bond acceptors (Lipinski definition) is 3. The molecule has 3 heterocycles. The summed E-state index contributed by atoms with van der Waals surface area (Å²) >= 11 is 12.2. The van der Waals surface area contributed by atoms with Crippen molar-refractivity contribution in [2.45, 2.75) is 25.2 Å². The van der Waals surface area contributed by atoms with Gasteiger partial charge in [-0.2, -0.15) is 0 Å². The van der Waals surface area contributed by atoms with Crippen LogP contribution in [0.1, 0.15) is 29.9 Å². The molecule has 3 aromatic rings. The fourth-order valence-corrected chi connectivity index (χ4v) is 4.47. The number of piperidine rings is 1. The highest BCUT2D eigenvalue weighted by Crippen LogP contribution is 2.32. The second-order valence-corrected chi connectivity index (χ2v) is 8.29. The number of likely N-dealkylation sites (tertiary alicyclic amines) is 1. The van der Waals surface area contributed by atoms with E-state index in [0.717, 1.165) is 37.1 Å². The Balaban J connectivity index is 1.23. The molecule has 1 aromatic carbocycles. The van der Waals surface area contributed by atoms with E-state index >= 15 is 0 Å². The maximum atomic E-state index is 12.3. The Morgan fingerprint density at radius 3 is 2.86 bits per heavy atom. The number of hydrogen-bond donors (Lipinski definition) is 2. The van der Waals surface area contributed by atoms with Crippen molar-refractivity contribution in [3.05, 3.63) is 63.9 Å². The van der Waals surface area contributed by atoms with Gasteiger partial charge in [0.05, 0.1) is 16.6 Å². The smallest absolute Gasteiger partial charge is 0.234 e. The molecule has 0 radical (unpaired) electrons. The first-order chi connectivity index (χ1) is 14.1. The second-order valence-electron chi connectivity index (χ2n) is 7.51. The molecule has 7 heteroatoms. The van der Waals surface area contributed by atoms with Gasteiger partial charge in [0, 0.05) is 24.3 Å². The number of halogens is 2. The molecular formula is C22H24Cl2N4O. The minimum atomic E-state index is 0.0536. The Morgan fingerprint density at radius 1 is 1.21 bits per heavy atom. The average molecular weight is 431 g/mol. The molecule has 0 spiro atoms. The van der Waals surface area contributed by atoms with Gasteiger partial charge in [0.15, 0.2) is 0 Å². The molecule has 0 saturated carbocycles. The van der Waals surface area contributed by atoms with E-state index in [9.17, 15) is 4.79 Å². The van der Waals surface area contributed by atoms with Crippen molar-refractivity contribution in [2.24, 2.45) is 0 Å². The Hall–Kier alpha value is -2.08. The Kier molecular flexibility index (Phi) is 6.38. The SMILES string of the molecule is O=C(CN1CCC(c2c[nH]c3ncccc23)CC1)NCCc1cccc(Cl)c1Cl. The summed E-state index contributed by atoms with van der Waals surface area (Å²) in [6.45, 7) is 2.83. The molecule has 152 valence electrons. The van der Waals surface area contributed by atoms with Crippen LogP contribution in [0, 0.1) is 0 Å². The second kappa shape index (κ2) is 9.16. The molecule has 1 saturated heterocycles. The molecule has 2 aromatic heterocycles. The van der Waals surface area contributed by atoms with Gasteiger partial charge in [-0.1, -0.05) is 35.3 Å². The highest BCUT2D eigenvalue weighted by molar-refractivity contribution is 6.42. The van der Waals surface area contributed by atoms with Crippen LogP contribution in [-0.2, 0) is 11.2 Å². The van der Waals surface area contributed by atoms with Gasteiger partial charge in [0.2, 0.25) is 5.91 Å². The normalized spacial score (nSPS) is 15.7. The molecule has 0 aliphatic carbocycles. The lowest BCUT2D eigenvalue weighted by Crippen LogP contribution is -2.41. The van der Waals surface area contributed by atoms with E-state index in [1.165, 1.54) is 10.9 Å². The van der Waals surface area contributed by atoms with E-state index in [1.807, 2.05) is 24.4 Å². The number of H-pyrrole nitrogens is 1. The van der Waals surface area contributed by atoms with Crippen LogP contribution in [0.3, 0.4) is 0 Å².